The number of hydrazine groups is 1. The highest BCUT2D eigenvalue weighted by molar-refractivity contribution is 5.95. The largest absolute Gasteiger partial charge is 0.383 e. The molecular weight excluding hydrogens is 256 g/mol. The molecule has 0 aliphatic rings. The van der Waals surface area contributed by atoms with Crippen molar-refractivity contribution in [3.63, 3.8) is 0 Å². The Labute approximate surface area is 120 Å². The average molecular weight is 280 g/mol. The molecule has 0 spiro atoms. The van der Waals surface area contributed by atoms with E-state index in [-0.39, 0.29) is 17.9 Å². The highest BCUT2D eigenvalue weighted by Gasteiger charge is 2.19. The number of nitrogen functional groups attached to an aromatic ring is 1. The van der Waals surface area contributed by atoms with Crippen molar-refractivity contribution in [1.29, 1.82) is 0 Å². The number of hydrogen-bond donors (Lipinski definition) is 2. The fraction of sp³-hybridized carbons (Fsp3) is 0.571. The molecule has 0 fully saturated rings. The van der Waals surface area contributed by atoms with Crippen LogP contribution in [0.4, 0.5) is 5.82 Å². The molecule has 3 N–H and O–H groups in total. The maximum atomic E-state index is 12.5. The van der Waals surface area contributed by atoms with Crippen molar-refractivity contribution in [3.8, 4) is 0 Å². The molecule has 1 atom stereocenters. The van der Waals surface area contributed by atoms with Crippen molar-refractivity contribution in [3.05, 3.63) is 23.4 Å². The number of ether oxygens (including phenoxy) is 1. The van der Waals surface area contributed by atoms with Crippen LogP contribution in [0, 0.1) is 0 Å². The molecule has 1 rings (SSSR count). The van der Waals surface area contributed by atoms with Crippen LogP contribution < -0.4 is 11.3 Å². The Morgan fingerprint density at radius 3 is 2.60 bits per heavy atom. The normalized spacial score (nSPS) is 12.3. The van der Waals surface area contributed by atoms with Crippen LogP contribution in [-0.4, -0.2) is 42.6 Å². The molecule has 0 radical (unpaired) electrons. The summed E-state index contributed by atoms with van der Waals surface area (Å²) in [6.07, 6.45) is 0. The Balaban J connectivity index is 3.05. The topological polar surface area (TPSA) is 80.5 Å². The van der Waals surface area contributed by atoms with E-state index in [0.717, 1.165) is 5.69 Å². The van der Waals surface area contributed by atoms with E-state index in [4.69, 9.17) is 10.6 Å². The van der Waals surface area contributed by atoms with Gasteiger partial charge in [0.2, 0.25) is 0 Å². The fourth-order valence-electron chi connectivity index (χ4n) is 1.80. The van der Waals surface area contributed by atoms with Crippen molar-refractivity contribution >= 4 is 11.7 Å². The number of aromatic nitrogens is 1. The summed E-state index contributed by atoms with van der Waals surface area (Å²) in [5.74, 6) is 6.05. The van der Waals surface area contributed by atoms with Crippen LogP contribution in [0.3, 0.4) is 0 Å². The van der Waals surface area contributed by atoms with E-state index < -0.39 is 0 Å². The lowest BCUT2D eigenvalue weighted by Crippen LogP contribution is -2.38. The fourth-order valence-corrected chi connectivity index (χ4v) is 1.80. The molecule has 0 bridgehead atoms. The number of methoxy groups -OCH3 is 1. The summed E-state index contributed by atoms with van der Waals surface area (Å²) in [6, 6.07) is 3.46. The number of carbonyl (C=O) groups excluding carboxylic acids is 1. The first kappa shape index (κ1) is 16.4. The van der Waals surface area contributed by atoms with E-state index in [0.29, 0.717) is 18.0 Å². The SMILES string of the molecule is COCC(C)N(C)C(=O)c1cc(NN)nc(C(C)C)c1. The van der Waals surface area contributed by atoms with Crippen molar-refractivity contribution in [1.82, 2.24) is 9.88 Å². The van der Waals surface area contributed by atoms with Crippen molar-refractivity contribution in [2.24, 2.45) is 5.84 Å². The molecule has 0 aromatic carbocycles. The molecule has 112 valence electrons. The van der Waals surface area contributed by atoms with E-state index in [1.54, 1.807) is 25.1 Å². The van der Waals surface area contributed by atoms with E-state index in [2.05, 4.69) is 10.4 Å². The zero-order chi connectivity index (χ0) is 15.3. The first-order valence-electron chi connectivity index (χ1n) is 6.65. The van der Waals surface area contributed by atoms with Gasteiger partial charge in [-0.25, -0.2) is 10.8 Å². The van der Waals surface area contributed by atoms with Gasteiger partial charge < -0.3 is 15.1 Å². The summed E-state index contributed by atoms with van der Waals surface area (Å²) in [7, 11) is 3.38. The molecule has 6 nitrogen and oxygen atoms in total. The average Bonchev–Trinajstić information content (AvgIpc) is 2.45. The van der Waals surface area contributed by atoms with E-state index in [1.165, 1.54) is 0 Å². The van der Waals surface area contributed by atoms with Gasteiger partial charge in [0.1, 0.15) is 5.82 Å². The van der Waals surface area contributed by atoms with Crippen molar-refractivity contribution in [2.45, 2.75) is 32.7 Å². The van der Waals surface area contributed by atoms with Gasteiger partial charge in [0, 0.05) is 25.4 Å². The first-order chi connectivity index (χ1) is 9.40. The highest BCUT2D eigenvalue weighted by Crippen LogP contribution is 2.18. The summed E-state index contributed by atoms with van der Waals surface area (Å²) in [5.41, 5.74) is 3.91. The summed E-state index contributed by atoms with van der Waals surface area (Å²) in [4.78, 5) is 18.5. The van der Waals surface area contributed by atoms with Crippen LogP contribution in [0.5, 0.6) is 0 Å². The first-order valence-corrected chi connectivity index (χ1v) is 6.65. The van der Waals surface area contributed by atoms with Crippen LogP contribution in [-0.2, 0) is 4.74 Å². The van der Waals surface area contributed by atoms with Crippen LogP contribution in [0.15, 0.2) is 12.1 Å². The predicted octanol–water partition coefficient (Wildman–Crippen LogP) is 1.60. The molecule has 20 heavy (non-hydrogen) atoms. The number of nitrogens with zero attached hydrogens (tertiary/aromatic N) is 2. The smallest absolute Gasteiger partial charge is 0.254 e. The van der Waals surface area contributed by atoms with Gasteiger partial charge in [0.25, 0.3) is 5.91 Å². The van der Waals surface area contributed by atoms with E-state index in [1.807, 2.05) is 26.8 Å². The minimum atomic E-state index is -0.0737. The zero-order valence-corrected chi connectivity index (χ0v) is 12.8. The van der Waals surface area contributed by atoms with E-state index >= 15 is 0 Å². The van der Waals surface area contributed by atoms with Gasteiger partial charge in [-0.2, -0.15) is 0 Å². The Hall–Kier alpha value is -1.66. The van der Waals surface area contributed by atoms with Crippen LogP contribution in [0.25, 0.3) is 0 Å². The monoisotopic (exact) mass is 280 g/mol. The quantitative estimate of drug-likeness (QED) is 0.611. The predicted molar refractivity (Wildman–Crippen MR) is 79.6 cm³/mol. The number of nitrogens with one attached hydrogen (secondary N) is 1. The number of nitrogens with two attached hydrogens (primary N) is 1. The second-order valence-corrected chi connectivity index (χ2v) is 5.19. The number of likely N-dealkylation sites (N-methyl/N-ethyl adjacent to an activating group) is 1. The maximum absolute atomic E-state index is 12.5. The van der Waals surface area contributed by atoms with Gasteiger partial charge in [-0.15, -0.1) is 0 Å². The lowest BCUT2D eigenvalue weighted by Gasteiger charge is -2.24. The summed E-state index contributed by atoms with van der Waals surface area (Å²) in [6.45, 7) is 6.47. The third kappa shape index (κ3) is 3.91. The molecule has 0 saturated carbocycles. The number of amides is 1. The lowest BCUT2D eigenvalue weighted by atomic mass is 10.1. The summed E-state index contributed by atoms with van der Waals surface area (Å²) < 4.78 is 5.08. The number of pyridine rings is 1. The molecule has 0 aliphatic heterocycles. The Morgan fingerprint density at radius 1 is 1.45 bits per heavy atom. The number of carbonyl (C=O) groups is 1. The molecular formula is C14H24N4O2. The van der Waals surface area contributed by atoms with Gasteiger partial charge in [-0.05, 0) is 25.0 Å². The second kappa shape index (κ2) is 7.21. The Kier molecular flexibility index (Phi) is 5.91. The second-order valence-electron chi connectivity index (χ2n) is 5.19. The third-order valence-corrected chi connectivity index (χ3v) is 3.22. The molecule has 1 heterocycles. The minimum Gasteiger partial charge on any atom is -0.383 e. The Morgan fingerprint density at radius 2 is 2.10 bits per heavy atom. The van der Waals surface area contributed by atoms with E-state index in [9.17, 15) is 4.79 Å². The molecule has 6 heteroatoms. The standard InChI is InChI=1S/C14H24N4O2/c1-9(2)12-6-11(7-13(16-12)17-15)14(19)18(4)10(3)8-20-5/h6-7,9-10H,8,15H2,1-5H3,(H,16,17). The highest BCUT2D eigenvalue weighted by atomic mass is 16.5. The third-order valence-electron chi connectivity index (χ3n) is 3.22. The van der Waals surface area contributed by atoms with Crippen LogP contribution in [0.1, 0.15) is 42.7 Å². The molecule has 1 aromatic rings. The summed E-state index contributed by atoms with van der Waals surface area (Å²) >= 11 is 0. The van der Waals surface area contributed by atoms with Crippen molar-refractivity contribution < 1.29 is 9.53 Å². The summed E-state index contributed by atoms with van der Waals surface area (Å²) in [5, 5.41) is 0. The molecule has 0 aliphatic carbocycles. The zero-order valence-electron chi connectivity index (χ0n) is 12.8. The lowest BCUT2D eigenvalue weighted by molar-refractivity contribution is 0.0633. The van der Waals surface area contributed by atoms with Gasteiger partial charge in [0.15, 0.2) is 0 Å². The maximum Gasteiger partial charge on any atom is 0.254 e. The molecule has 0 saturated heterocycles. The Bertz CT molecular complexity index is 462. The van der Waals surface area contributed by atoms with Crippen molar-refractivity contribution in [2.75, 3.05) is 26.2 Å². The number of hydrogen-bond acceptors (Lipinski definition) is 5. The molecule has 1 unspecified atom stereocenters. The van der Waals surface area contributed by atoms with Gasteiger partial charge in [-0.3, -0.25) is 4.79 Å². The van der Waals surface area contributed by atoms with Gasteiger partial charge >= 0.3 is 0 Å². The number of rotatable bonds is 6. The van der Waals surface area contributed by atoms with Gasteiger partial charge in [0.05, 0.1) is 12.6 Å². The number of anilines is 1. The molecule has 1 amide bonds. The van der Waals surface area contributed by atoms with Gasteiger partial charge in [-0.1, -0.05) is 13.8 Å². The minimum absolute atomic E-state index is 0.00236. The molecule has 1 aromatic heterocycles. The van der Waals surface area contributed by atoms with Crippen LogP contribution >= 0.6 is 0 Å². The van der Waals surface area contributed by atoms with Crippen LogP contribution in [0.2, 0.25) is 0 Å².